The lowest BCUT2D eigenvalue weighted by Crippen LogP contribution is -2.12. The molecule has 0 fully saturated rings. The molecular formula is C25H24ClN5O3. The van der Waals surface area contributed by atoms with Crippen molar-refractivity contribution in [1.82, 2.24) is 25.6 Å². The third kappa shape index (κ3) is 4.36. The zero-order valence-corrected chi connectivity index (χ0v) is 19.7. The number of aromatic nitrogens is 5. The second-order valence-corrected chi connectivity index (χ2v) is 7.94. The first-order valence-electron chi connectivity index (χ1n) is 10.8. The van der Waals surface area contributed by atoms with E-state index >= 15 is 0 Å². The average molecular weight is 478 g/mol. The van der Waals surface area contributed by atoms with E-state index in [1.807, 2.05) is 55.5 Å². The van der Waals surface area contributed by atoms with Crippen LogP contribution in [0.1, 0.15) is 39.3 Å². The van der Waals surface area contributed by atoms with E-state index in [1.54, 1.807) is 0 Å². The number of pyridine rings is 1. The van der Waals surface area contributed by atoms with Gasteiger partial charge in [0.15, 0.2) is 0 Å². The molecule has 1 aliphatic carbocycles. The molecule has 34 heavy (non-hydrogen) atoms. The molecule has 0 amide bonds. The highest BCUT2D eigenvalue weighted by Crippen LogP contribution is 2.35. The average Bonchev–Trinajstić information content (AvgIpc) is 3.54. The van der Waals surface area contributed by atoms with Crippen molar-refractivity contribution < 1.29 is 14.3 Å². The third-order valence-corrected chi connectivity index (χ3v) is 5.91. The minimum atomic E-state index is -0.418. The van der Waals surface area contributed by atoms with Crippen molar-refractivity contribution in [1.29, 1.82) is 0 Å². The van der Waals surface area contributed by atoms with Gasteiger partial charge in [0, 0.05) is 16.8 Å². The van der Waals surface area contributed by atoms with Crippen molar-refractivity contribution in [3.05, 3.63) is 76.6 Å². The molecule has 0 aliphatic heterocycles. The van der Waals surface area contributed by atoms with E-state index in [9.17, 15) is 4.79 Å². The number of hydrogen-bond donors (Lipinski definition) is 1. The molecule has 0 saturated heterocycles. The van der Waals surface area contributed by atoms with Crippen molar-refractivity contribution in [2.24, 2.45) is 0 Å². The number of rotatable bonds is 6. The molecule has 0 bridgehead atoms. The van der Waals surface area contributed by atoms with Crippen LogP contribution in [-0.4, -0.2) is 38.7 Å². The highest BCUT2D eigenvalue weighted by molar-refractivity contribution is 5.94. The molecule has 0 atom stereocenters. The Balaban J connectivity index is 0.00000274. The molecule has 4 aromatic rings. The van der Waals surface area contributed by atoms with Crippen LogP contribution in [0.2, 0.25) is 0 Å². The topological polar surface area (TPSA) is 103 Å². The predicted molar refractivity (Wildman–Crippen MR) is 129 cm³/mol. The Morgan fingerprint density at radius 2 is 1.82 bits per heavy atom. The van der Waals surface area contributed by atoms with E-state index in [-0.39, 0.29) is 12.4 Å². The van der Waals surface area contributed by atoms with E-state index in [0.717, 1.165) is 52.8 Å². The number of carbonyl (C=O) groups excluding carboxylic acids is 1. The van der Waals surface area contributed by atoms with Gasteiger partial charge < -0.3 is 9.47 Å². The molecule has 9 heteroatoms. The van der Waals surface area contributed by atoms with E-state index in [0.29, 0.717) is 29.4 Å². The number of nitrogens with zero attached hydrogens (tertiary/aromatic N) is 4. The number of methoxy groups -OCH3 is 1. The van der Waals surface area contributed by atoms with Gasteiger partial charge in [-0.3, -0.25) is 4.98 Å². The summed E-state index contributed by atoms with van der Waals surface area (Å²) in [6, 6.07) is 16.1. The van der Waals surface area contributed by atoms with Crippen molar-refractivity contribution in [2.75, 3.05) is 7.11 Å². The van der Waals surface area contributed by atoms with Gasteiger partial charge in [-0.25, -0.2) is 4.79 Å². The number of nitrogens with one attached hydrogen (secondary N) is 1. The van der Waals surface area contributed by atoms with E-state index in [4.69, 9.17) is 9.47 Å². The van der Waals surface area contributed by atoms with Crippen LogP contribution in [-0.2, 0) is 24.2 Å². The quantitative estimate of drug-likeness (QED) is 0.407. The van der Waals surface area contributed by atoms with Crippen LogP contribution in [0.25, 0.3) is 22.5 Å². The maximum Gasteiger partial charge on any atom is 0.343 e. The zero-order chi connectivity index (χ0) is 22.8. The lowest BCUT2D eigenvalue weighted by molar-refractivity contribution is 0.0593. The molecule has 2 aromatic heterocycles. The smallest absolute Gasteiger partial charge is 0.343 e. The van der Waals surface area contributed by atoms with Crippen LogP contribution in [0.5, 0.6) is 5.75 Å². The summed E-state index contributed by atoms with van der Waals surface area (Å²) in [5.74, 6) is 0.738. The molecule has 8 nitrogen and oxygen atoms in total. The highest BCUT2D eigenvalue weighted by atomic mass is 35.5. The second-order valence-electron chi connectivity index (χ2n) is 7.94. The number of fused-ring (bicyclic) bond motifs is 1. The Labute approximate surface area is 203 Å². The van der Waals surface area contributed by atoms with Gasteiger partial charge >= 0.3 is 5.97 Å². The summed E-state index contributed by atoms with van der Waals surface area (Å²) in [5.41, 5.74) is 7.05. The molecule has 2 heterocycles. The van der Waals surface area contributed by atoms with Crippen LogP contribution in [0.4, 0.5) is 0 Å². The lowest BCUT2D eigenvalue weighted by Gasteiger charge is -2.16. The number of benzene rings is 2. The Morgan fingerprint density at radius 3 is 2.53 bits per heavy atom. The molecule has 1 aliphatic rings. The maximum absolute atomic E-state index is 12.4. The first-order valence-corrected chi connectivity index (χ1v) is 10.8. The largest absolute Gasteiger partial charge is 0.488 e. The fraction of sp³-hybridized carbons (Fsp3) is 0.240. The maximum atomic E-state index is 12.4. The molecule has 0 saturated carbocycles. The van der Waals surface area contributed by atoms with Gasteiger partial charge in [0.25, 0.3) is 0 Å². The lowest BCUT2D eigenvalue weighted by atomic mass is 9.98. The Bertz CT molecular complexity index is 1310. The summed E-state index contributed by atoms with van der Waals surface area (Å²) in [6.07, 6.45) is 2.77. The summed E-state index contributed by atoms with van der Waals surface area (Å²) >= 11 is 0. The first-order chi connectivity index (χ1) is 16.2. The van der Waals surface area contributed by atoms with Gasteiger partial charge in [0.05, 0.1) is 12.8 Å². The van der Waals surface area contributed by atoms with Crippen LogP contribution in [0, 0.1) is 6.92 Å². The molecule has 5 rings (SSSR count). The van der Waals surface area contributed by atoms with Crippen LogP contribution >= 0.6 is 12.4 Å². The van der Waals surface area contributed by atoms with Gasteiger partial charge in [0.1, 0.15) is 17.9 Å². The van der Waals surface area contributed by atoms with Crippen LogP contribution in [0.15, 0.2) is 48.5 Å². The van der Waals surface area contributed by atoms with Gasteiger partial charge in [0.2, 0.25) is 5.82 Å². The normalized spacial score (nSPS) is 12.1. The number of halogens is 1. The number of H-pyrrole nitrogens is 1. The monoisotopic (exact) mass is 477 g/mol. The number of aryl methyl sites for hydroxylation is 2. The summed E-state index contributed by atoms with van der Waals surface area (Å²) < 4.78 is 11.2. The minimum Gasteiger partial charge on any atom is -0.488 e. The summed E-state index contributed by atoms with van der Waals surface area (Å²) in [7, 11) is 1.38. The van der Waals surface area contributed by atoms with Crippen molar-refractivity contribution in [3.63, 3.8) is 0 Å². The van der Waals surface area contributed by atoms with Gasteiger partial charge in [-0.2, -0.15) is 5.21 Å². The van der Waals surface area contributed by atoms with Crippen molar-refractivity contribution in [3.8, 4) is 28.3 Å². The predicted octanol–water partition coefficient (Wildman–Crippen LogP) is 4.51. The van der Waals surface area contributed by atoms with Crippen molar-refractivity contribution in [2.45, 2.75) is 32.8 Å². The molecule has 0 unspecified atom stereocenters. The molecule has 0 radical (unpaired) electrons. The summed E-state index contributed by atoms with van der Waals surface area (Å²) in [4.78, 5) is 17.1. The summed E-state index contributed by atoms with van der Waals surface area (Å²) in [5, 5.41) is 14.4. The summed E-state index contributed by atoms with van der Waals surface area (Å²) in [6.45, 7) is 2.17. The van der Waals surface area contributed by atoms with Gasteiger partial charge in [-0.05, 0) is 48.1 Å². The van der Waals surface area contributed by atoms with Crippen LogP contribution < -0.4 is 4.74 Å². The SMILES string of the molecule is COC(=O)c1c(C)nc2c(c1OCc1ccc(-c3ccccc3-c3nn[nH]n3)cc1)CCC2.Cl. The molecule has 2 aromatic carbocycles. The van der Waals surface area contributed by atoms with Crippen molar-refractivity contribution >= 4 is 18.4 Å². The van der Waals surface area contributed by atoms with E-state index < -0.39 is 5.97 Å². The molecule has 174 valence electrons. The fourth-order valence-corrected chi connectivity index (χ4v) is 4.31. The van der Waals surface area contributed by atoms with E-state index in [1.165, 1.54) is 7.11 Å². The molecule has 1 N–H and O–H groups in total. The number of esters is 1. The first kappa shape index (κ1) is 23.4. The highest BCUT2D eigenvalue weighted by Gasteiger charge is 2.27. The van der Waals surface area contributed by atoms with Gasteiger partial charge in [-0.15, -0.1) is 22.6 Å². The number of tetrazole rings is 1. The fourth-order valence-electron chi connectivity index (χ4n) is 4.31. The number of aromatic amines is 1. The zero-order valence-electron chi connectivity index (χ0n) is 18.9. The molecular weight excluding hydrogens is 454 g/mol. The third-order valence-electron chi connectivity index (χ3n) is 5.91. The standard InChI is InChI=1S/C25H23N5O3.ClH/c1-15-22(25(31)32-2)23(20-8-5-9-21(20)26-15)33-14-16-10-12-17(13-11-16)18-6-3-4-7-19(18)24-27-29-30-28-24;/h3-4,6-7,10-13H,5,8-9,14H2,1-2H3,(H,27,28,29,30);1H. The number of ether oxygens (including phenoxy) is 2. The Morgan fingerprint density at radius 1 is 1.06 bits per heavy atom. The second kappa shape index (κ2) is 10.0. The van der Waals surface area contributed by atoms with Gasteiger partial charge in [-0.1, -0.05) is 48.5 Å². The van der Waals surface area contributed by atoms with E-state index in [2.05, 4.69) is 25.6 Å². The Hall–Kier alpha value is -3.78. The van der Waals surface area contributed by atoms with Crippen LogP contribution in [0.3, 0.4) is 0 Å². The Kier molecular flexibility index (Phi) is 6.88. The minimum absolute atomic E-state index is 0. The number of carbonyl (C=O) groups is 1. The molecule has 0 spiro atoms. The number of hydrogen-bond acceptors (Lipinski definition) is 7.